The minimum atomic E-state index is -4.66. The quantitative estimate of drug-likeness (QED) is 0.597. The third-order valence-corrected chi connectivity index (χ3v) is 4.63. The Morgan fingerprint density at radius 1 is 1.00 bits per heavy atom. The molecule has 1 aromatic carbocycles. The number of pyridine rings is 1. The van der Waals surface area contributed by atoms with Gasteiger partial charge in [-0.05, 0) is 44.1 Å². The maximum atomic E-state index is 13.4. The van der Waals surface area contributed by atoms with E-state index in [9.17, 15) is 22.4 Å². The lowest BCUT2D eigenvalue weighted by atomic mass is 10.1. The van der Waals surface area contributed by atoms with Crippen LogP contribution in [0.1, 0.15) is 25.0 Å². The molecule has 0 unspecified atom stereocenters. The Hall–Kier alpha value is -2.15. The van der Waals surface area contributed by atoms with Crippen LogP contribution in [0.4, 0.5) is 17.6 Å². The third-order valence-electron chi connectivity index (χ3n) is 4.63. The van der Waals surface area contributed by atoms with Gasteiger partial charge in [-0.25, -0.2) is 4.39 Å². The van der Waals surface area contributed by atoms with E-state index in [4.69, 9.17) is 0 Å². The van der Waals surface area contributed by atoms with Crippen molar-refractivity contribution in [2.45, 2.75) is 32.0 Å². The van der Waals surface area contributed by atoms with Gasteiger partial charge in [0.1, 0.15) is 11.5 Å². The van der Waals surface area contributed by atoms with Crippen molar-refractivity contribution in [3.63, 3.8) is 0 Å². The van der Waals surface area contributed by atoms with E-state index in [1.54, 1.807) is 6.08 Å². The van der Waals surface area contributed by atoms with Gasteiger partial charge in [0.25, 0.3) is 0 Å². The molecule has 0 spiro atoms. The number of fused-ring (bicyclic) bond motifs is 1. The average Bonchev–Trinajstić information content (AvgIpc) is 2.60. The van der Waals surface area contributed by atoms with Gasteiger partial charge >= 0.3 is 6.18 Å². The van der Waals surface area contributed by atoms with Crippen LogP contribution in [0.5, 0.6) is 0 Å². The number of likely N-dealkylation sites (tertiary alicyclic amines) is 1. The highest BCUT2D eigenvalue weighted by Crippen LogP contribution is 2.30. The predicted octanol–water partition coefficient (Wildman–Crippen LogP) is 4.20. The van der Waals surface area contributed by atoms with Crippen LogP contribution in [-0.4, -0.2) is 29.1 Å². The number of alkyl halides is 3. The van der Waals surface area contributed by atoms with Gasteiger partial charge in [0, 0.05) is 24.5 Å². The molecule has 26 heavy (non-hydrogen) atoms. The Labute approximate surface area is 148 Å². The van der Waals surface area contributed by atoms with E-state index >= 15 is 0 Å². The summed E-state index contributed by atoms with van der Waals surface area (Å²) in [6.45, 7) is 2.65. The van der Waals surface area contributed by atoms with Crippen LogP contribution in [0.15, 0.2) is 41.2 Å². The first-order valence-corrected chi connectivity index (χ1v) is 8.64. The molecular weight excluding hydrogens is 348 g/mol. The average molecular weight is 368 g/mol. The first-order valence-electron chi connectivity index (χ1n) is 8.64. The third kappa shape index (κ3) is 4.15. The van der Waals surface area contributed by atoms with Gasteiger partial charge < -0.3 is 4.57 Å². The topological polar surface area (TPSA) is 25.2 Å². The molecular formula is C19H20F4N2O. The maximum Gasteiger partial charge on any atom is 0.431 e. The smallest absolute Gasteiger partial charge is 0.333 e. The lowest BCUT2D eigenvalue weighted by Gasteiger charge is -2.24. The van der Waals surface area contributed by atoms with E-state index in [0.717, 1.165) is 42.6 Å². The standard InChI is InChI=1S/C19H20F4N2O/c20-14-6-7-16-15(12-14)17(26)13-18(19(21,22)23)25(16)11-5-4-10-24-8-2-1-3-9-24/h4-7,12-13H,1-3,8-11H2/b5-4+. The van der Waals surface area contributed by atoms with Crippen LogP contribution < -0.4 is 5.43 Å². The van der Waals surface area contributed by atoms with E-state index in [-0.39, 0.29) is 17.4 Å². The van der Waals surface area contributed by atoms with Crippen LogP contribution in [0.2, 0.25) is 0 Å². The van der Waals surface area contributed by atoms with Crippen molar-refractivity contribution in [3.8, 4) is 0 Å². The second-order valence-corrected chi connectivity index (χ2v) is 6.50. The molecule has 3 nitrogen and oxygen atoms in total. The van der Waals surface area contributed by atoms with E-state index in [2.05, 4.69) is 4.90 Å². The van der Waals surface area contributed by atoms with Gasteiger partial charge in [-0.3, -0.25) is 9.69 Å². The minimum Gasteiger partial charge on any atom is -0.333 e. The van der Waals surface area contributed by atoms with Crippen molar-refractivity contribution in [2.75, 3.05) is 19.6 Å². The van der Waals surface area contributed by atoms with Gasteiger partial charge in [-0.1, -0.05) is 18.6 Å². The number of allylic oxidation sites excluding steroid dienone is 1. The number of hydrogen-bond donors (Lipinski definition) is 0. The Morgan fingerprint density at radius 2 is 1.69 bits per heavy atom. The molecule has 1 aliphatic heterocycles. The number of piperidine rings is 1. The maximum absolute atomic E-state index is 13.4. The summed E-state index contributed by atoms with van der Waals surface area (Å²) < 4.78 is 54.5. The molecule has 0 bridgehead atoms. The molecule has 0 aliphatic carbocycles. The predicted molar refractivity (Wildman–Crippen MR) is 92.6 cm³/mol. The minimum absolute atomic E-state index is 0.0366. The molecule has 0 N–H and O–H groups in total. The van der Waals surface area contributed by atoms with E-state index < -0.39 is 23.1 Å². The molecule has 1 saturated heterocycles. The molecule has 2 aromatic rings. The molecule has 1 fully saturated rings. The lowest BCUT2D eigenvalue weighted by Crippen LogP contribution is -2.29. The highest BCUT2D eigenvalue weighted by Gasteiger charge is 2.34. The van der Waals surface area contributed by atoms with E-state index in [0.29, 0.717) is 12.6 Å². The summed E-state index contributed by atoms with van der Waals surface area (Å²) in [4.78, 5) is 14.2. The molecule has 140 valence electrons. The number of rotatable bonds is 4. The molecule has 0 saturated carbocycles. The summed E-state index contributed by atoms with van der Waals surface area (Å²) >= 11 is 0. The second-order valence-electron chi connectivity index (χ2n) is 6.50. The highest BCUT2D eigenvalue weighted by molar-refractivity contribution is 5.79. The Kier molecular flexibility index (Phi) is 5.46. The van der Waals surface area contributed by atoms with Gasteiger partial charge in [0.2, 0.25) is 0 Å². The van der Waals surface area contributed by atoms with Gasteiger partial charge in [-0.2, -0.15) is 13.2 Å². The zero-order valence-electron chi connectivity index (χ0n) is 14.2. The second kappa shape index (κ2) is 7.61. The molecule has 1 aromatic heterocycles. The molecule has 7 heteroatoms. The van der Waals surface area contributed by atoms with Gasteiger partial charge in [0.05, 0.1) is 5.52 Å². The van der Waals surface area contributed by atoms with Crippen molar-refractivity contribution in [2.24, 2.45) is 0 Å². The fourth-order valence-corrected chi connectivity index (χ4v) is 3.33. The molecule has 0 radical (unpaired) electrons. The summed E-state index contributed by atoms with van der Waals surface area (Å²) in [6.07, 6.45) is 2.34. The van der Waals surface area contributed by atoms with Gasteiger partial charge in [0.15, 0.2) is 5.43 Å². The lowest BCUT2D eigenvalue weighted by molar-refractivity contribution is -0.143. The van der Waals surface area contributed by atoms with Crippen LogP contribution in [0.3, 0.4) is 0 Å². The summed E-state index contributed by atoms with van der Waals surface area (Å²) in [5, 5.41) is -0.0533. The number of hydrogen-bond acceptors (Lipinski definition) is 2. The monoisotopic (exact) mass is 368 g/mol. The summed E-state index contributed by atoms with van der Waals surface area (Å²) in [6, 6.07) is 3.81. The number of benzene rings is 1. The van der Waals surface area contributed by atoms with Crippen molar-refractivity contribution in [1.29, 1.82) is 0 Å². The van der Waals surface area contributed by atoms with Crippen molar-refractivity contribution >= 4 is 10.9 Å². The number of aromatic nitrogens is 1. The van der Waals surface area contributed by atoms with Gasteiger partial charge in [-0.15, -0.1) is 0 Å². The van der Waals surface area contributed by atoms with Crippen molar-refractivity contribution < 1.29 is 17.6 Å². The Bertz CT molecular complexity index is 864. The first kappa shape index (κ1) is 18.6. The number of nitrogens with zero attached hydrogens (tertiary/aromatic N) is 2. The number of halogens is 4. The van der Waals surface area contributed by atoms with Crippen LogP contribution >= 0.6 is 0 Å². The Morgan fingerprint density at radius 3 is 2.38 bits per heavy atom. The zero-order valence-corrected chi connectivity index (χ0v) is 14.2. The normalized spacial score (nSPS) is 16.6. The summed E-state index contributed by atoms with van der Waals surface area (Å²) in [5.74, 6) is -0.651. The van der Waals surface area contributed by atoms with Crippen LogP contribution in [0.25, 0.3) is 10.9 Å². The van der Waals surface area contributed by atoms with Crippen LogP contribution in [0, 0.1) is 5.82 Å². The molecule has 3 rings (SSSR count). The van der Waals surface area contributed by atoms with Crippen LogP contribution in [-0.2, 0) is 12.7 Å². The first-order chi connectivity index (χ1) is 12.4. The summed E-state index contributed by atoms with van der Waals surface area (Å²) in [7, 11) is 0. The van der Waals surface area contributed by atoms with Crippen molar-refractivity contribution in [3.05, 3.63) is 58.2 Å². The summed E-state index contributed by atoms with van der Waals surface area (Å²) in [5.41, 5.74) is -1.78. The largest absolute Gasteiger partial charge is 0.431 e. The molecule has 2 heterocycles. The Balaban J connectivity index is 1.92. The fourth-order valence-electron chi connectivity index (χ4n) is 3.33. The molecule has 1 aliphatic rings. The van der Waals surface area contributed by atoms with E-state index in [1.165, 1.54) is 12.5 Å². The fraction of sp³-hybridized carbons (Fsp3) is 0.421. The zero-order chi connectivity index (χ0) is 18.7. The molecule has 0 atom stereocenters. The highest BCUT2D eigenvalue weighted by atomic mass is 19.4. The SMILES string of the molecule is O=c1cc(C(F)(F)F)n(C/C=C/CN2CCCCC2)c2ccc(F)cc12. The van der Waals surface area contributed by atoms with E-state index in [1.807, 2.05) is 6.08 Å². The molecule has 0 amide bonds. The van der Waals surface area contributed by atoms with Crippen molar-refractivity contribution in [1.82, 2.24) is 9.47 Å².